The lowest BCUT2D eigenvalue weighted by molar-refractivity contribution is 0.0984. The Labute approximate surface area is 113 Å². The van der Waals surface area contributed by atoms with E-state index in [4.69, 9.17) is 0 Å². The van der Waals surface area contributed by atoms with E-state index in [0.717, 1.165) is 12.3 Å². The Bertz CT molecular complexity index is 223. The molecule has 108 valence electrons. The molecule has 1 aliphatic rings. The van der Waals surface area contributed by atoms with Gasteiger partial charge >= 0.3 is 0 Å². The van der Waals surface area contributed by atoms with E-state index in [9.17, 15) is 4.48 Å². The van der Waals surface area contributed by atoms with Gasteiger partial charge < -0.3 is 0 Å². The highest BCUT2D eigenvalue weighted by molar-refractivity contribution is 4.85. The van der Waals surface area contributed by atoms with E-state index < -0.39 is 0 Å². The summed E-state index contributed by atoms with van der Waals surface area (Å²) in [7, 11) is 0. The van der Waals surface area contributed by atoms with Crippen LogP contribution in [0.25, 0.3) is 0 Å². The van der Waals surface area contributed by atoms with E-state index in [1.165, 1.54) is 44.9 Å². The lowest BCUT2D eigenvalue weighted by atomic mass is 9.64. The van der Waals surface area contributed by atoms with Crippen LogP contribution in [-0.2, 0) is 0 Å². The topological polar surface area (TPSA) is 12.0 Å². The first kappa shape index (κ1) is 15.9. The zero-order valence-corrected chi connectivity index (χ0v) is 12.8. The van der Waals surface area contributed by atoms with Crippen molar-refractivity contribution in [2.45, 2.75) is 85.1 Å². The molecular formula is C16H32FN. The molecule has 0 aliphatic heterocycles. The van der Waals surface area contributed by atoms with E-state index in [2.05, 4.69) is 20.8 Å². The molecule has 0 radical (unpaired) electrons. The van der Waals surface area contributed by atoms with Crippen molar-refractivity contribution < 1.29 is 4.48 Å². The number of hydrogen-bond donors (Lipinski definition) is 1. The predicted octanol–water partition coefficient (Wildman–Crippen LogP) is 5.26. The van der Waals surface area contributed by atoms with Crippen LogP contribution in [0, 0.1) is 17.3 Å². The molecule has 0 aromatic carbocycles. The molecule has 1 nitrogen and oxygen atoms in total. The summed E-state index contributed by atoms with van der Waals surface area (Å²) < 4.78 is 12.4. The normalized spacial score (nSPS) is 24.5. The largest absolute Gasteiger partial charge is 0.156 e. The van der Waals surface area contributed by atoms with Gasteiger partial charge in [0.2, 0.25) is 0 Å². The smallest absolute Gasteiger partial charge is 0.0369 e. The Balaban J connectivity index is 2.46. The number of rotatable bonds is 7. The maximum Gasteiger partial charge on any atom is 0.0369 e. The highest BCUT2D eigenvalue weighted by Crippen LogP contribution is 2.45. The van der Waals surface area contributed by atoms with Gasteiger partial charge in [-0.3, -0.25) is 0 Å². The molecule has 1 fully saturated rings. The molecular weight excluding hydrogens is 225 g/mol. The standard InChI is InChI=1S/C16H32FN/c1-5-15(10-9-13(2)14(3)18-17)16(4)11-7-6-8-12-16/h13-15,18H,5-12H2,1-4H3. The summed E-state index contributed by atoms with van der Waals surface area (Å²) >= 11 is 0. The van der Waals surface area contributed by atoms with E-state index in [1.54, 1.807) is 0 Å². The first-order valence-electron chi connectivity index (χ1n) is 7.89. The van der Waals surface area contributed by atoms with Crippen LogP contribution in [0.5, 0.6) is 0 Å². The van der Waals surface area contributed by atoms with Gasteiger partial charge in [0.05, 0.1) is 0 Å². The Morgan fingerprint density at radius 3 is 2.22 bits per heavy atom. The van der Waals surface area contributed by atoms with Crippen molar-refractivity contribution in [2.24, 2.45) is 17.3 Å². The van der Waals surface area contributed by atoms with Gasteiger partial charge in [0, 0.05) is 6.04 Å². The predicted molar refractivity (Wildman–Crippen MR) is 77.1 cm³/mol. The number of halogens is 1. The molecule has 1 rings (SSSR count). The molecule has 1 aliphatic carbocycles. The first-order valence-corrected chi connectivity index (χ1v) is 7.89. The fraction of sp³-hybridized carbons (Fsp3) is 1.00. The molecule has 0 aromatic rings. The lowest BCUT2D eigenvalue weighted by Crippen LogP contribution is -2.31. The van der Waals surface area contributed by atoms with Gasteiger partial charge in [0.25, 0.3) is 0 Å². The summed E-state index contributed by atoms with van der Waals surface area (Å²) in [5, 5.41) is 0. The van der Waals surface area contributed by atoms with E-state index in [-0.39, 0.29) is 6.04 Å². The Morgan fingerprint density at radius 2 is 1.72 bits per heavy atom. The Morgan fingerprint density at radius 1 is 1.11 bits per heavy atom. The molecule has 0 spiro atoms. The highest BCUT2D eigenvalue weighted by Gasteiger charge is 2.34. The number of nitrogens with one attached hydrogen (secondary N) is 1. The molecule has 0 amide bonds. The zero-order valence-electron chi connectivity index (χ0n) is 12.8. The molecule has 1 N–H and O–H groups in total. The summed E-state index contributed by atoms with van der Waals surface area (Å²) in [4.78, 5) is 0. The van der Waals surface area contributed by atoms with Crippen molar-refractivity contribution in [1.29, 1.82) is 0 Å². The maximum atomic E-state index is 12.4. The van der Waals surface area contributed by atoms with Crippen LogP contribution < -0.4 is 5.54 Å². The second-order valence-electron chi connectivity index (χ2n) is 6.77. The van der Waals surface area contributed by atoms with Crippen LogP contribution in [0.15, 0.2) is 0 Å². The van der Waals surface area contributed by atoms with E-state index in [1.807, 2.05) is 12.5 Å². The zero-order chi connectivity index (χ0) is 13.6. The second-order valence-corrected chi connectivity index (χ2v) is 6.77. The van der Waals surface area contributed by atoms with Crippen LogP contribution in [0.1, 0.15) is 79.1 Å². The van der Waals surface area contributed by atoms with Crippen LogP contribution in [-0.4, -0.2) is 6.04 Å². The van der Waals surface area contributed by atoms with Gasteiger partial charge in [-0.2, -0.15) is 5.54 Å². The molecule has 18 heavy (non-hydrogen) atoms. The van der Waals surface area contributed by atoms with E-state index in [0.29, 0.717) is 11.3 Å². The van der Waals surface area contributed by atoms with Crippen molar-refractivity contribution in [3.63, 3.8) is 0 Å². The van der Waals surface area contributed by atoms with Crippen LogP contribution in [0.2, 0.25) is 0 Å². The molecule has 1 saturated carbocycles. The minimum absolute atomic E-state index is 0.0123. The van der Waals surface area contributed by atoms with Crippen molar-refractivity contribution >= 4 is 0 Å². The van der Waals surface area contributed by atoms with Gasteiger partial charge in [-0.05, 0) is 49.9 Å². The van der Waals surface area contributed by atoms with Gasteiger partial charge in [0.1, 0.15) is 0 Å². The third-order valence-corrected chi connectivity index (χ3v) is 5.47. The number of hydrogen-bond acceptors (Lipinski definition) is 1. The average Bonchev–Trinajstić information content (AvgIpc) is 2.38. The van der Waals surface area contributed by atoms with E-state index >= 15 is 0 Å². The summed E-state index contributed by atoms with van der Waals surface area (Å²) in [6, 6.07) is -0.0123. The fourth-order valence-corrected chi connectivity index (χ4v) is 3.63. The van der Waals surface area contributed by atoms with Crippen molar-refractivity contribution in [2.75, 3.05) is 0 Å². The average molecular weight is 257 g/mol. The minimum Gasteiger partial charge on any atom is -0.156 e. The quantitative estimate of drug-likeness (QED) is 0.613. The highest BCUT2D eigenvalue weighted by atomic mass is 19.2. The second kappa shape index (κ2) is 7.47. The monoisotopic (exact) mass is 257 g/mol. The summed E-state index contributed by atoms with van der Waals surface area (Å²) in [6.45, 7) is 8.91. The van der Waals surface area contributed by atoms with Gasteiger partial charge in [-0.25, -0.2) is 0 Å². The molecule has 3 unspecified atom stereocenters. The third-order valence-electron chi connectivity index (χ3n) is 5.47. The third kappa shape index (κ3) is 4.22. The van der Waals surface area contributed by atoms with Crippen LogP contribution in [0.4, 0.5) is 4.48 Å². The summed E-state index contributed by atoms with van der Waals surface area (Å²) in [6.07, 6.45) is 10.7. The molecule has 0 heterocycles. The molecule has 0 aromatic heterocycles. The molecule has 0 saturated heterocycles. The fourth-order valence-electron chi connectivity index (χ4n) is 3.63. The van der Waals surface area contributed by atoms with Gasteiger partial charge in [-0.15, -0.1) is 4.48 Å². The molecule has 0 bridgehead atoms. The van der Waals surface area contributed by atoms with Gasteiger partial charge in [-0.1, -0.05) is 46.5 Å². The summed E-state index contributed by atoms with van der Waals surface area (Å²) in [5.74, 6) is 1.25. The van der Waals surface area contributed by atoms with Crippen molar-refractivity contribution in [3.05, 3.63) is 0 Å². The first-order chi connectivity index (χ1) is 8.53. The van der Waals surface area contributed by atoms with Crippen molar-refractivity contribution in [3.8, 4) is 0 Å². The van der Waals surface area contributed by atoms with Gasteiger partial charge in [0.15, 0.2) is 0 Å². The SMILES string of the molecule is CCC(CCC(C)C(C)NF)C1(C)CCCCC1. The Hall–Kier alpha value is -0.110. The van der Waals surface area contributed by atoms with Crippen molar-refractivity contribution in [1.82, 2.24) is 5.54 Å². The molecule has 3 atom stereocenters. The minimum atomic E-state index is -0.0123. The van der Waals surface area contributed by atoms with Crippen LogP contribution >= 0.6 is 0 Å². The molecule has 2 heteroatoms. The van der Waals surface area contributed by atoms with Crippen LogP contribution in [0.3, 0.4) is 0 Å². The lowest BCUT2D eigenvalue weighted by Gasteiger charge is -2.41. The summed E-state index contributed by atoms with van der Waals surface area (Å²) in [5.41, 5.74) is 2.45. The Kier molecular flexibility index (Phi) is 6.62. The maximum absolute atomic E-state index is 12.4.